The summed E-state index contributed by atoms with van der Waals surface area (Å²) in [6, 6.07) is 3.85. The number of hydrogen-bond donors (Lipinski definition) is 2. The molecule has 1 saturated heterocycles. The van der Waals surface area contributed by atoms with E-state index in [0.717, 1.165) is 17.0 Å². The predicted molar refractivity (Wildman–Crippen MR) is 89.9 cm³/mol. The number of anilines is 1. The molecule has 4 amide bonds. The Morgan fingerprint density at radius 2 is 1.85 bits per heavy atom. The van der Waals surface area contributed by atoms with Crippen LogP contribution in [0.25, 0.3) is 0 Å². The molecule has 1 aliphatic rings. The molecule has 27 heavy (non-hydrogen) atoms. The summed E-state index contributed by atoms with van der Waals surface area (Å²) in [7, 11) is 0. The molecule has 1 aromatic carbocycles. The number of carbonyl (C=O) groups excluding carboxylic acids is 3. The molecule has 1 fully saturated rings. The first-order valence-electron chi connectivity index (χ1n) is 8.19. The van der Waals surface area contributed by atoms with Gasteiger partial charge in [0.15, 0.2) is 0 Å². The van der Waals surface area contributed by atoms with Crippen LogP contribution in [0.15, 0.2) is 24.3 Å². The Labute approximate surface area is 153 Å². The quantitative estimate of drug-likeness (QED) is 0.735. The Hall–Kier alpha value is -2.78. The van der Waals surface area contributed by atoms with Gasteiger partial charge in [-0.2, -0.15) is 0 Å². The molecule has 1 heterocycles. The van der Waals surface area contributed by atoms with E-state index < -0.39 is 42.0 Å². The zero-order chi connectivity index (χ0) is 20.4. The average Bonchev–Trinajstić information content (AvgIpc) is 2.70. The summed E-state index contributed by atoms with van der Waals surface area (Å²) < 4.78 is 40.1. The van der Waals surface area contributed by atoms with Crippen LogP contribution < -0.4 is 15.4 Å². The highest BCUT2D eigenvalue weighted by Gasteiger charge is 2.48. The minimum absolute atomic E-state index is 0.158. The van der Waals surface area contributed by atoms with Gasteiger partial charge in [-0.1, -0.05) is 13.8 Å². The maximum atomic E-state index is 12.5. The number of hydrogen-bond acceptors (Lipinski definition) is 4. The van der Waals surface area contributed by atoms with Crippen LogP contribution in [-0.2, 0) is 9.59 Å². The molecule has 0 spiro atoms. The van der Waals surface area contributed by atoms with Crippen molar-refractivity contribution in [3.63, 3.8) is 0 Å². The van der Waals surface area contributed by atoms with Crippen LogP contribution in [0, 0.1) is 5.92 Å². The number of amides is 4. The molecule has 0 aromatic heterocycles. The van der Waals surface area contributed by atoms with Crippen molar-refractivity contribution >= 4 is 23.5 Å². The van der Waals surface area contributed by atoms with E-state index >= 15 is 0 Å². The number of carbonyl (C=O) groups is 3. The summed E-state index contributed by atoms with van der Waals surface area (Å²) >= 11 is 0. The molecule has 1 aliphatic heterocycles. The lowest BCUT2D eigenvalue weighted by Gasteiger charge is -2.23. The third-order valence-corrected chi connectivity index (χ3v) is 3.84. The first-order chi connectivity index (χ1) is 12.4. The highest BCUT2D eigenvalue weighted by atomic mass is 19.4. The molecule has 148 valence electrons. The molecule has 7 nitrogen and oxygen atoms in total. The van der Waals surface area contributed by atoms with Crippen LogP contribution in [-0.4, -0.2) is 41.2 Å². The second kappa shape index (κ2) is 7.45. The van der Waals surface area contributed by atoms with E-state index in [1.807, 2.05) is 13.8 Å². The minimum atomic E-state index is -4.81. The fourth-order valence-corrected chi connectivity index (χ4v) is 2.93. The van der Waals surface area contributed by atoms with Gasteiger partial charge in [0.05, 0.1) is 0 Å². The summed E-state index contributed by atoms with van der Waals surface area (Å²) in [6.07, 6.45) is -4.38. The Morgan fingerprint density at radius 3 is 2.37 bits per heavy atom. The van der Waals surface area contributed by atoms with E-state index in [2.05, 4.69) is 15.4 Å². The number of imide groups is 1. The largest absolute Gasteiger partial charge is 0.573 e. The molecule has 0 bridgehead atoms. The lowest BCUT2D eigenvalue weighted by atomic mass is 9.91. The van der Waals surface area contributed by atoms with Gasteiger partial charge in [0.25, 0.3) is 5.91 Å². The van der Waals surface area contributed by atoms with Gasteiger partial charge in [-0.25, -0.2) is 4.79 Å². The summed E-state index contributed by atoms with van der Waals surface area (Å²) in [5.41, 5.74) is -0.867. The number of rotatable bonds is 6. The minimum Gasteiger partial charge on any atom is -0.406 e. The smallest absolute Gasteiger partial charge is 0.406 e. The maximum Gasteiger partial charge on any atom is 0.573 e. The van der Waals surface area contributed by atoms with E-state index in [-0.39, 0.29) is 11.6 Å². The molecule has 1 atom stereocenters. The molecule has 0 aliphatic carbocycles. The normalized spacial score (nSPS) is 20.0. The molecule has 10 heteroatoms. The van der Waals surface area contributed by atoms with E-state index in [9.17, 15) is 27.6 Å². The number of urea groups is 1. The SMILES string of the molecule is CC(C)C[C@]1(C)NC(=O)N(CC(=O)Nc2ccc(OC(F)(F)F)cc2)C1=O. The van der Waals surface area contributed by atoms with Crippen LogP contribution in [0.3, 0.4) is 0 Å². The third kappa shape index (κ3) is 5.35. The first kappa shape index (κ1) is 20.5. The maximum absolute atomic E-state index is 12.5. The summed E-state index contributed by atoms with van der Waals surface area (Å²) in [4.78, 5) is 37.4. The molecule has 2 N–H and O–H groups in total. The zero-order valence-corrected chi connectivity index (χ0v) is 15.0. The van der Waals surface area contributed by atoms with Crippen LogP contribution >= 0.6 is 0 Å². The Morgan fingerprint density at radius 1 is 1.26 bits per heavy atom. The van der Waals surface area contributed by atoms with Crippen molar-refractivity contribution in [2.45, 2.75) is 39.1 Å². The molecule has 0 unspecified atom stereocenters. The molecular weight excluding hydrogens is 367 g/mol. The number of nitrogens with zero attached hydrogens (tertiary/aromatic N) is 1. The van der Waals surface area contributed by atoms with E-state index in [1.54, 1.807) is 6.92 Å². The Kier molecular flexibility index (Phi) is 5.67. The summed E-state index contributed by atoms with van der Waals surface area (Å²) in [5, 5.41) is 5.01. The van der Waals surface area contributed by atoms with Gasteiger partial charge in [0.1, 0.15) is 17.8 Å². The topological polar surface area (TPSA) is 87.7 Å². The monoisotopic (exact) mass is 387 g/mol. The Balaban J connectivity index is 1.97. The molecular formula is C17H20F3N3O4. The van der Waals surface area contributed by atoms with Gasteiger partial charge in [-0.3, -0.25) is 14.5 Å². The Bertz CT molecular complexity index is 734. The number of nitrogens with one attached hydrogen (secondary N) is 2. The highest BCUT2D eigenvalue weighted by Crippen LogP contribution is 2.26. The van der Waals surface area contributed by atoms with Crippen molar-refractivity contribution in [2.24, 2.45) is 5.92 Å². The van der Waals surface area contributed by atoms with Crippen LogP contribution in [0.2, 0.25) is 0 Å². The van der Waals surface area contributed by atoms with Gasteiger partial charge in [-0.15, -0.1) is 13.2 Å². The highest BCUT2D eigenvalue weighted by molar-refractivity contribution is 6.09. The van der Waals surface area contributed by atoms with Crippen LogP contribution in [0.4, 0.5) is 23.7 Å². The average molecular weight is 387 g/mol. The van der Waals surface area contributed by atoms with Gasteiger partial charge in [0, 0.05) is 5.69 Å². The van der Waals surface area contributed by atoms with Gasteiger partial charge in [0.2, 0.25) is 5.91 Å². The number of alkyl halides is 3. The van der Waals surface area contributed by atoms with Crippen molar-refractivity contribution in [1.29, 1.82) is 0 Å². The fraction of sp³-hybridized carbons (Fsp3) is 0.471. The van der Waals surface area contributed by atoms with Crippen molar-refractivity contribution in [1.82, 2.24) is 10.2 Å². The van der Waals surface area contributed by atoms with Crippen LogP contribution in [0.5, 0.6) is 5.75 Å². The number of benzene rings is 1. The van der Waals surface area contributed by atoms with Crippen LogP contribution in [0.1, 0.15) is 27.2 Å². The predicted octanol–water partition coefficient (Wildman–Crippen LogP) is 2.88. The van der Waals surface area contributed by atoms with E-state index in [4.69, 9.17) is 0 Å². The lowest BCUT2D eigenvalue weighted by Crippen LogP contribution is -2.45. The standard InChI is InChI=1S/C17H20F3N3O4/c1-10(2)8-16(3)14(25)23(15(26)22-16)9-13(24)21-11-4-6-12(7-5-11)27-17(18,19)20/h4-7,10H,8-9H2,1-3H3,(H,21,24)(H,22,26)/t16-/m0/s1. The number of halogens is 3. The van der Waals surface area contributed by atoms with Gasteiger partial charge >= 0.3 is 12.4 Å². The summed E-state index contributed by atoms with van der Waals surface area (Å²) in [5.74, 6) is -1.42. The van der Waals surface area contributed by atoms with Crippen molar-refractivity contribution < 1.29 is 32.3 Å². The van der Waals surface area contributed by atoms with Crippen molar-refractivity contribution in [3.05, 3.63) is 24.3 Å². The summed E-state index contributed by atoms with van der Waals surface area (Å²) in [6.45, 7) is 4.92. The van der Waals surface area contributed by atoms with E-state index in [0.29, 0.717) is 6.42 Å². The van der Waals surface area contributed by atoms with Crippen molar-refractivity contribution in [3.8, 4) is 5.75 Å². The fourth-order valence-electron chi connectivity index (χ4n) is 2.93. The molecule has 0 radical (unpaired) electrons. The second-order valence-electron chi connectivity index (χ2n) is 6.87. The van der Waals surface area contributed by atoms with Gasteiger partial charge < -0.3 is 15.4 Å². The second-order valence-corrected chi connectivity index (χ2v) is 6.87. The lowest BCUT2D eigenvalue weighted by molar-refractivity contribution is -0.274. The van der Waals surface area contributed by atoms with E-state index in [1.165, 1.54) is 12.1 Å². The molecule has 1 aromatic rings. The molecule has 2 rings (SSSR count). The van der Waals surface area contributed by atoms with Gasteiger partial charge in [-0.05, 0) is 43.5 Å². The third-order valence-electron chi connectivity index (χ3n) is 3.84. The first-order valence-corrected chi connectivity index (χ1v) is 8.19. The molecule has 0 saturated carbocycles. The zero-order valence-electron chi connectivity index (χ0n) is 15.0. The number of ether oxygens (including phenoxy) is 1. The van der Waals surface area contributed by atoms with Crippen molar-refractivity contribution in [2.75, 3.05) is 11.9 Å².